The standard InChI is InChI=1S/C15H18N2O/c1-10(18)16-12-5-3-6-13(9-12)17-15-8-11-4-2-7-14(11)15/h2-3,5-7,9,11,14-15,17H,4,8H2,1H3,(H,16,18). The molecule has 0 bridgehead atoms. The van der Waals surface area contributed by atoms with Gasteiger partial charge in [0, 0.05) is 30.3 Å². The van der Waals surface area contributed by atoms with Crippen LogP contribution >= 0.6 is 0 Å². The van der Waals surface area contributed by atoms with Crippen molar-refractivity contribution in [1.82, 2.24) is 0 Å². The third kappa shape index (κ3) is 2.13. The van der Waals surface area contributed by atoms with E-state index in [4.69, 9.17) is 0 Å². The van der Waals surface area contributed by atoms with E-state index in [0.29, 0.717) is 12.0 Å². The van der Waals surface area contributed by atoms with Gasteiger partial charge in [-0.25, -0.2) is 0 Å². The number of hydrogen-bond donors (Lipinski definition) is 2. The highest BCUT2D eigenvalue weighted by molar-refractivity contribution is 5.89. The molecule has 3 rings (SSSR count). The summed E-state index contributed by atoms with van der Waals surface area (Å²) in [4.78, 5) is 11.0. The Labute approximate surface area is 107 Å². The second-order valence-corrected chi connectivity index (χ2v) is 5.25. The van der Waals surface area contributed by atoms with Gasteiger partial charge in [-0.15, -0.1) is 0 Å². The molecule has 0 spiro atoms. The lowest BCUT2D eigenvalue weighted by Gasteiger charge is -2.41. The monoisotopic (exact) mass is 242 g/mol. The molecule has 3 nitrogen and oxygen atoms in total. The maximum atomic E-state index is 11.0. The van der Waals surface area contributed by atoms with Crippen LogP contribution in [0, 0.1) is 11.8 Å². The van der Waals surface area contributed by atoms with Crippen molar-refractivity contribution in [3.05, 3.63) is 36.4 Å². The summed E-state index contributed by atoms with van der Waals surface area (Å²) in [5, 5.41) is 6.37. The van der Waals surface area contributed by atoms with Crippen molar-refractivity contribution in [2.45, 2.75) is 25.8 Å². The van der Waals surface area contributed by atoms with Crippen molar-refractivity contribution >= 4 is 17.3 Å². The van der Waals surface area contributed by atoms with Crippen LogP contribution in [0.5, 0.6) is 0 Å². The number of hydrogen-bond acceptors (Lipinski definition) is 2. The number of carbonyl (C=O) groups excluding carboxylic acids is 1. The van der Waals surface area contributed by atoms with Crippen LogP contribution in [0.15, 0.2) is 36.4 Å². The molecule has 1 fully saturated rings. The number of allylic oxidation sites excluding steroid dienone is 1. The van der Waals surface area contributed by atoms with Crippen LogP contribution < -0.4 is 10.6 Å². The molecule has 1 amide bonds. The maximum absolute atomic E-state index is 11.0. The highest BCUT2D eigenvalue weighted by Crippen LogP contribution is 2.44. The normalized spacial score (nSPS) is 28.4. The van der Waals surface area contributed by atoms with Crippen LogP contribution in [0.3, 0.4) is 0 Å². The first-order chi connectivity index (χ1) is 8.72. The molecule has 0 aliphatic heterocycles. The Morgan fingerprint density at radius 2 is 2.17 bits per heavy atom. The molecule has 0 heterocycles. The van der Waals surface area contributed by atoms with Crippen molar-refractivity contribution in [2.24, 2.45) is 11.8 Å². The van der Waals surface area contributed by atoms with Gasteiger partial charge in [0.2, 0.25) is 5.91 Å². The van der Waals surface area contributed by atoms with Gasteiger partial charge in [0.15, 0.2) is 0 Å². The first-order valence-corrected chi connectivity index (χ1v) is 6.53. The Hall–Kier alpha value is -1.77. The fourth-order valence-corrected chi connectivity index (χ4v) is 2.99. The number of rotatable bonds is 3. The van der Waals surface area contributed by atoms with E-state index in [1.165, 1.54) is 19.8 Å². The average molecular weight is 242 g/mol. The molecular weight excluding hydrogens is 224 g/mol. The van der Waals surface area contributed by atoms with E-state index >= 15 is 0 Å². The highest BCUT2D eigenvalue weighted by atomic mass is 16.1. The first-order valence-electron chi connectivity index (χ1n) is 6.53. The number of anilines is 2. The predicted molar refractivity (Wildman–Crippen MR) is 73.5 cm³/mol. The van der Waals surface area contributed by atoms with E-state index in [-0.39, 0.29) is 5.91 Å². The number of fused-ring (bicyclic) bond motifs is 1. The molecule has 3 heteroatoms. The molecule has 0 saturated heterocycles. The summed E-state index contributed by atoms with van der Waals surface area (Å²) >= 11 is 0. The van der Waals surface area contributed by atoms with Gasteiger partial charge >= 0.3 is 0 Å². The zero-order chi connectivity index (χ0) is 12.5. The molecule has 0 aromatic heterocycles. The Morgan fingerprint density at radius 3 is 2.94 bits per heavy atom. The largest absolute Gasteiger partial charge is 0.382 e. The van der Waals surface area contributed by atoms with Crippen LogP contribution in [0.4, 0.5) is 11.4 Å². The van der Waals surface area contributed by atoms with Gasteiger partial charge in [0.05, 0.1) is 0 Å². The fraction of sp³-hybridized carbons (Fsp3) is 0.400. The minimum Gasteiger partial charge on any atom is -0.382 e. The Kier molecular flexibility index (Phi) is 2.82. The summed E-state index contributed by atoms with van der Waals surface area (Å²) in [6, 6.07) is 8.48. The van der Waals surface area contributed by atoms with Crippen LogP contribution in [0.1, 0.15) is 19.8 Å². The lowest BCUT2D eigenvalue weighted by Crippen LogP contribution is -2.43. The summed E-state index contributed by atoms with van der Waals surface area (Å²) in [7, 11) is 0. The van der Waals surface area contributed by atoms with E-state index < -0.39 is 0 Å². The molecule has 2 aliphatic carbocycles. The van der Waals surface area contributed by atoms with E-state index in [9.17, 15) is 4.79 Å². The number of nitrogens with one attached hydrogen (secondary N) is 2. The smallest absolute Gasteiger partial charge is 0.221 e. The predicted octanol–water partition coefficient (Wildman–Crippen LogP) is 3.02. The quantitative estimate of drug-likeness (QED) is 0.800. The van der Waals surface area contributed by atoms with E-state index in [0.717, 1.165) is 17.3 Å². The molecule has 0 radical (unpaired) electrons. The fourth-order valence-electron chi connectivity index (χ4n) is 2.99. The van der Waals surface area contributed by atoms with Gasteiger partial charge in [-0.1, -0.05) is 18.2 Å². The summed E-state index contributed by atoms with van der Waals surface area (Å²) in [5.41, 5.74) is 1.94. The Morgan fingerprint density at radius 1 is 1.33 bits per heavy atom. The molecule has 2 aliphatic rings. The van der Waals surface area contributed by atoms with Crippen LogP contribution in [0.2, 0.25) is 0 Å². The molecule has 18 heavy (non-hydrogen) atoms. The number of benzene rings is 1. The third-order valence-electron chi connectivity index (χ3n) is 3.90. The van der Waals surface area contributed by atoms with Gasteiger partial charge in [-0.2, -0.15) is 0 Å². The molecule has 3 unspecified atom stereocenters. The summed E-state index contributed by atoms with van der Waals surface area (Å²) in [5.74, 6) is 1.53. The topological polar surface area (TPSA) is 41.1 Å². The van der Waals surface area contributed by atoms with Crippen molar-refractivity contribution in [3.8, 4) is 0 Å². The molecule has 1 aromatic rings. The van der Waals surface area contributed by atoms with Gasteiger partial charge in [0.1, 0.15) is 0 Å². The lowest BCUT2D eigenvalue weighted by molar-refractivity contribution is -0.114. The zero-order valence-corrected chi connectivity index (χ0v) is 10.5. The zero-order valence-electron chi connectivity index (χ0n) is 10.5. The van der Waals surface area contributed by atoms with Gasteiger partial charge < -0.3 is 10.6 Å². The average Bonchev–Trinajstić information content (AvgIpc) is 2.67. The highest BCUT2D eigenvalue weighted by Gasteiger charge is 2.40. The molecule has 2 N–H and O–H groups in total. The van der Waals surface area contributed by atoms with Gasteiger partial charge in [-0.3, -0.25) is 4.79 Å². The van der Waals surface area contributed by atoms with Gasteiger partial charge in [0.25, 0.3) is 0 Å². The second-order valence-electron chi connectivity index (χ2n) is 5.25. The van der Waals surface area contributed by atoms with Crippen LogP contribution in [0.25, 0.3) is 0 Å². The molecule has 94 valence electrons. The maximum Gasteiger partial charge on any atom is 0.221 e. The third-order valence-corrected chi connectivity index (χ3v) is 3.90. The second kappa shape index (κ2) is 4.48. The van der Waals surface area contributed by atoms with Crippen molar-refractivity contribution < 1.29 is 4.79 Å². The molecule has 3 atom stereocenters. The van der Waals surface area contributed by atoms with E-state index in [1.807, 2.05) is 18.2 Å². The lowest BCUT2D eigenvalue weighted by atomic mass is 9.71. The molecule has 1 aromatic carbocycles. The Balaban J connectivity index is 1.66. The van der Waals surface area contributed by atoms with Crippen molar-refractivity contribution in [2.75, 3.05) is 10.6 Å². The Bertz CT molecular complexity index is 495. The molecule has 1 saturated carbocycles. The summed E-state index contributed by atoms with van der Waals surface area (Å²) in [6.45, 7) is 1.53. The minimum absolute atomic E-state index is 0.0328. The van der Waals surface area contributed by atoms with Crippen LogP contribution in [-0.2, 0) is 4.79 Å². The van der Waals surface area contributed by atoms with Gasteiger partial charge in [-0.05, 0) is 37.0 Å². The summed E-state index contributed by atoms with van der Waals surface area (Å²) in [6.07, 6.45) is 7.13. The SMILES string of the molecule is CC(=O)Nc1cccc(NC2CC3CC=CC32)c1. The van der Waals surface area contributed by atoms with Crippen molar-refractivity contribution in [1.29, 1.82) is 0 Å². The minimum atomic E-state index is -0.0328. The first kappa shape index (κ1) is 11.3. The summed E-state index contributed by atoms with van der Waals surface area (Å²) < 4.78 is 0. The van der Waals surface area contributed by atoms with Crippen LogP contribution in [-0.4, -0.2) is 11.9 Å². The van der Waals surface area contributed by atoms with E-state index in [1.54, 1.807) is 0 Å². The van der Waals surface area contributed by atoms with E-state index in [2.05, 4.69) is 28.9 Å². The molecular formula is C15H18N2O. The number of amides is 1. The number of carbonyl (C=O) groups is 1. The van der Waals surface area contributed by atoms with Crippen molar-refractivity contribution in [3.63, 3.8) is 0 Å².